The molecule has 2 heteroatoms. The van der Waals surface area contributed by atoms with Gasteiger partial charge in [-0.1, -0.05) is 67.4 Å². The van der Waals surface area contributed by atoms with E-state index in [4.69, 9.17) is 5.73 Å². The molecule has 1 saturated carbocycles. The molecule has 4 aromatic rings. The lowest BCUT2D eigenvalue weighted by Gasteiger charge is -2.18. The van der Waals surface area contributed by atoms with Crippen LogP contribution in [0.4, 0.5) is 0 Å². The standard InChI is InChI=1S/C21H19N.ClH/c22-19(12-13-4-5-13)17-10-8-16-7-6-14-2-1-3-15-9-11-18(17)21(16)20(14)15;/h1-3,6-11,13,19H,4-5,12,22H2;1H/t19-;/m1./s1. The SMILES string of the molecule is Cl.N[C@H](CC1CC1)c1ccc2ccc3cccc4ccc1c2c34. The van der Waals surface area contributed by atoms with E-state index in [1.54, 1.807) is 0 Å². The van der Waals surface area contributed by atoms with Gasteiger partial charge in [0, 0.05) is 6.04 Å². The molecule has 1 nitrogen and oxygen atoms in total. The van der Waals surface area contributed by atoms with Crippen LogP contribution in [-0.2, 0) is 0 Å². The third kappa shape index (κ3) is 2.27. The van der Waals surface area contributed by atoms with Crippen LogP contribution in [-0.4, -0.2) is 0 Å². The van der Waals surface area contributed by atoms with Crippen molar-refractivity contribution in [1.29, 1.82) is 0 Å². The van der Waals surface area contributed by atoms with Gasteiger partial charge in [-0.15, -0.1) is 12.4 Å². The van der Waals surface area contributed by atoms with Gasteiger partial charge in [0.1, 0.15) is 0 Å². The minimum atomic E-state index is 0. The van der Waals surface area contributed by atoms with Crippen LogP contribution in [0.1, 0.15) is 30.9 Å². The van der Waals surface area contributed by atoms with Gasteiger partial charge >= 0.3 is 0 Å². The van der Waals surface area contributed by atoms with Gasteiger partial charge in [-0.25, -0.2) is 0 Å². The Morgan fingerprint density at radius 3 is 2.13 bits per heavy atom. The number of hydrogen-bond donors (Lipinski definition) is 1. The van der Waals surface area contributed by atoms with E-state index >= 15 is 0 Å². The third-order valence-electron chi connectivity index (χ3n) is 5.25. The highest BCUT2D eigenvalue weighted by Gasteiger charge is 2.25. The van der Waals surface area contributed by atoms with Crippen molar-refractivity contribution in [2.75, 3.05) is 0 Å². The molecule has 2 N–H and O–H groups in total. The number of halogens is 1. The molecule has 1 atom stereocenters. The van der Waals surface area contributed by atoms with Gasteiger partial charge in [-0.2, -0.15) is 0 Å². The van der Waals surface area contributed by atoms with Gasteiger partial charge < -0.3 is 5.73 Å². The normalized spacial score (nSPS) is 16.0. The summed E-state index contributed by atoms with van der Waals surface area (Å²) in [4.78, 5) is 0. The first-order valence-electron chi connectivity index (χ1n) is 8.23. The number of hydrogen-bond acceptors (Lipinski definition) is 1. The van der Waals surface area contributed by atoms with Crippen LogP contribution in [0.25, 0.3) is 32.3 Å². The van der Waals surface area contributed by atoms with Gasteiger partial charge in [0.2, 0.25) is 0 Å². The van der Waals surface area contributed by atoms with Crippen molar-refractivity contribution in [3.8, 4) is 0 Å². The first-order valence-corrected chi connectivity index (χ1v) is 8.23. The average Bonchev–Trinajstić information content (AvgIpc) is 3.36. The molecule has 4 aromatic carbocycles. The van der Waals surface area contributed by atoms with E-state index in [1.807, 2.05) is 0 Å². The van der Waals surface area contributed by atoms with Crippen molar-refractivity contribution in [2.45, 2.75) is 25.3 Å². The molecule has 0 amide bonds. The van der Waals surface area contributed by atoms with Crippen molar-refractivity contribution in [3.05, 3.63) is 60.2 Å². The Hall–Kier alpha value is -1.83. The molecule has 1 aliphatic carbocycles. The number of rotatable bonds is 3. The molecule has 116 valence electrons. The lowest BCUT2D eigenvalue weighted by atomic mass is 9.89. The van der Waals surface area contributed by atoms with E-state index in [-0.39, 0.29) is 18.4 Å². The third-order valence-corrected chi connectivity index (χ3v) is 5.25. The molecule has 0 bridgehead atoms. The van der Waals surface area contributed by atoms with Crippen LogP contribution >= 0.6 is 12.4 Å². The lowest BCUT2D eigenvalue weighted by Crippen LogP contribution is -2.11. The Labute approximate surface area is 142 Å². The topological polar surface area (TPSA) is 26.0 Å². The molecular formula is C21H20ClN. The van der Waals surface area contributed by atoms with Crippen LogP contribution in [0.5, 0.6) is 0 Å². The Kier molecular flexibility index (Phi) is 3.44. The Bertz CT molecular complexity index is 971. The van der Waals surface area contributed by atoms with Gasteiger partial charge in [0.25, 0.3) is 0 Å². The van der Waals surface area contributed by atoms with E-state index < -0.39 is 0 Å². The summed E-state index contributed by atoms with van der Waals surface area (Å²) in [6, 6.07) is 20.2. The molecule has 1 fully saturated rings. The monoisotopic (exact) mass is 321 g/mol. The number of nitrogens with two attached hydrogens (primary N) is 1. The van der Waals surface area contributed by atoms with Crippen molar-refractivity contribution >= 4 is 44.7 Å². The van der Waals surface area contributed by atoms with E-state index in [0.717, 1.165) is 12.3 Å². The highest BCUT2D eigenvalue weighted by atomic mass is 35.5. The van der Waals surface area contributed by atoms with Crippen molar-refractivity contribution in [3.63, 3.8) is 0 Å². The van der Waals surface area contributed by atoms with Crippen LogP contribution in [0.3, 0.4) is 0 Å². The second-order valence-corrected chi connectivity index (χ2v) is 6.80. The molecule has 0 saturated heterocycles. The van der Waals surface area contributed by atoms with E-state index in [1.165, 1.54) is 50.7 Å². The first-order chi connectivity index (χ1) is 10.8. The molecule has 0 heterocycles. The van der Waals surface area contributed by atoms with E-state index in [2.05, 4.69) is 54.6 Å². The maximum Gasteiger partial charge on any atom is 0.0303 e. The summed E-state index contributed by atoms with van der Waals surface area (Å²) >= 11 is 0. The van der Waals surface area contributed by atoms with E-state index in [0.29, 0.717) is 0 Å². The molecule has 1 aliphatic rings. The minimum absolute atomic E-state index is 0. The molecular weight excluding hydrogens is 302 g/mol. The quantitative estimate of drug-likeness (QED) is 0.474. The summed E-state index contributed by atoms with van der Waals surface area (Å²) in [6.07, 6.45) is 3.85. The zero-order valence-corrected chi connectivity index (χ0v) is 13.8. The van der Waals surface area contributed by atoms with Crippen LogP contribution in [0.2, 0.25) is 0 Å². The van der Waals surface area contributed by atoms with Gasteiger partial charge in [-0.3, -0.25) is 0 Å². The summed E-state index contributed by atoms with van der Waals surface area (Å²) in [7, 11) is 0. The first kappa shape index (κ1) is 14.7. The summed E-state index contributed by atoms with van der Waals surface area (Å²) in [5.74, 6) is 0.855. The average molecular weight is 322 g/mol. The Morgan fingerprint density at radius 2 is 1.43 bits per heavy atom. The predicted octanol–water partition coefficient (Wildman–Crippen LogP) is 5.81. The predicted molar refractivity (Wildman–Crippen MR) is 102 cm³/mol. The molecule has 0 aromatic heterocycles. The molecule has 23 heavy (non-hydrogen) atoms. The molecule has 0 aliphatic heterocycles. The molecule has 0 unspecified atom stereocenters. The smallest absolute Gasteiger partial charge is 0.0303 e. The second kappa shape index (κ2) is 5.36. The minimum Gasteiger partial charge on any atom is -0.324 e. The fraction of sp³-hybridized carbons (Fsp3) is 0.238. The summed E-state index contributed by atoms with van der Waals surface area (Å²) in [6.45, 7) is 0. The summed E-state index contributed by atoms with van der Waals surface area (Å²) in [5.41, 5.74) is 7.85. The second-order valence-electron chi connectivity index (χ2n) is 6.80. The zero-order valence-electron chi connectivity index (χ0n) is 13.0. The maximum atomic E-state index is 6.53. The van der Waals surface area contributed by atoms with Crippen molar-refractivity contribution < 1.29 is 0 Å². The van der Waals surface area contributed by atoms with Crippen LogP contribution in [0.15, 0.2) is 54.6 Å². The fourth-order valence-corrected chi connectivity index (χ4v) is 3.92. The summed E-state index contributed by atoms with van der Waals surface area (Å²) < 4.78 is 0. The number of benzene rings is 4. The van der Waals surface area contributed by atoms with Crippen molar-refractivity contribution in [1.82, 2.24) is 0 Å². The molecule has 0 spiro atoms. The van der Waals surface area contributed by atoms with Gasteiger partial charge in [-0.05, 0) is 50.2 Å². The fourth-order valence-electron chi connectivity index (χ4n) is 3.92. The Morgan fingerprint density at radius 1 is 0.826 bits per heavy atom. The van der Waals surface area contributed by atoms with Crippen LogP contribution < -0.4 is 5.73 Å². The largest absolute Gasteiger partial charge is 0.324 e. The van der Waals surface area contributed by atoms with E-state index in [9.17, 15) is 0 Å². The van der Waals surface area contributed by atoms with Crippen LogP contribution in [0, 0.1) is 5.92 Å². The highest BCUT2D eigenvalue weighted by Crippen LogP contribution is 2.41. The lowest BCUT2D eigenvalue weighted by molar-refractivity contribution is 0.600. The Balaban J connectivity index is 0.00000135. The molecule has 0 radical (unpaired) electrons. The zero-order chi connectivity index (χ0) is 14.7. The van der Waals surface area contributed by atoms with Gasteiger partial charge in [0.05, 0.1) is 0 Å². The van der Waals surface area contributed by atoms with Gasteiger partial charge in [0.15, 0.2) is 0 Å². The van der Waals surface area contributed by atoms with Crippen molar-refractivity contribution in [2.24, 2.45) is 11.7 Å². The molecule has 5 rings (SSSR count). The maximum absolute atomic E-state index is 6.53. The highest BCUT2D eigenvalue weighted by molar-refractivity contribution is 6.23. The summed E-state index contributed by atoms with van der Waals surface area (Å²) in [5, 5.41) is 8.08.